The molecule has 0 bridgehead atoms. The van der Waals surface area contributed by atoms with E-state index in [0.29, 0.717) is 28.8 Å². The molecule has 0 radical (unpaired) electrons. The number of nitrogens with one attached hydrogen (secondary N) is 1. The average Bonchev–Trinajstić information content (AvgIpc) is 2.43. The molecule has 3 rings (SSSR count). The maximum Gasteiger partial charge on any atom is 0.336 e. The zero-order valence-electron chi connectivity index (χ0n) is 10.6. The van der Waals surface area contributed by atoms with Crippen LogP contribution in [0.4, 0.5) is 0 Å². The number of pyridine rings is 1. The lowest BCUT2D eigenvalue weighted by molar-refractivity contribution is 0.0697. The number of carboxylic acid groups (broad SMARTS) is 1. The first-order valence-corrected chi connectivity index (χ1v) is 6.14. The van der Waals surface area contributed by atoms with Crippen LogP contribution in [0.3, 0.4) is 0 Å². The smallest absolute Gasteiger partial charge is 0.336 e. The summed E-state index contributed by atoms with van der Waals surface area (Å²) in [4.78, 5) is 16.1. The third-order valence-corrected chi connectivity index (χ3v) is 3.43. The summed E-state index contributed by atoms with van der Waals surface area (Å²) >= 11 is 0. The molecule has 0 saturated heterocycles. The van der Waals surface area contributed by atoms with E-state index in [2.05, 4.69) is 10.3 Å². The van der Waals surface area contributed by atoms with Crippen molar-refractivity contribution in [3.63, 3.8) is 0 Å². The van der Waals surface area contributed by atoms with E-state index in [9.17, 15) is 9.90 Å². The number of aromatic carboxylic acids is 1. The molecule has 2 N–H and O–H groups in total. The van der Waals surface area contributed by atoms with Crippen LogP contribution in [0.1, 0.15) is 21.6 Å². The zero-order valence-corrected chi connectivity index (χ0v) is 10.6. The van der Waals surface area contributed by atoms with Gasteiger partial charge in [0.15, 0.2) is 0 Å². The van der Waals surface area contributed by atoms with Crippen molar-refractivity contribution < 1.29 is 14.6 Å². The molecule has 0 amide bonds. The van der Waals surface area contributed by atoms with Crippen molar-refractivity contribution in [2.45, 2.75) is 13.0 Å². The third kappa shape index (κ3) is 1.92. The Hall–Kier alpha value is -2.14. The highest BCUT2D eigenvalue weighted by atomic mass is 16.5. The van der Waals surface area contributed by atoms with Gasteiger partial charge in [-0.15, -0.1) is 0 Å². The molecule has 1 aliphatic rings. The van der Waals surface area contributed by atoms with Crippen LogP contribution in [0.25, 0.3) is 10.9 Å². The fourth-order valence-corrected chi connectivity index (χ4v) is 2.52. The molecule has 0 saturated carbocycles. The molecular weight excluding hydrogens is 244 g/mol. The number of fused-ring (bicyclic) bond motifs is 2. The molecule has 98 valence electrons. The van der Waals surface area contributed by atoms with Crippen molar-refractivity contribution in [2.75, 3.05) is 13.7 Å². The second-order valence-corrected chi connectivity index (χ2v) is 4.53. The lowest BCUT2D eigenvalue weighted by atomic mass is 9.97. The number of aromatic nitrogens is 1. The minimum Gasteiger partial charge on any atom is -0.497 e. The summed E-state index contributed by atoms with van der Waals surface area (Å²) in [6.45, 7) is 1.39. The quantitative estimate of drug-likeness (QED) is 0.855. The summed E-state index contributed by atoms with van der Waals surface area (Å²) in [5, 5.41) is 13.3. The summed E-state index contributed by atoms with van der Waals surface area (Å²) < 4.78 is 5.17. The first-order chi connectivity index (χ1) is 9.20. The SMILES string of the molecule is COc1ccc2c(C(=O)O)c3c(nc2c1)CCNC3. The van der Waals surface area contributed by atoms with Gasteiger partial charge in [-0.05, 0) is 12.1 Å². The van der Waals surface area contributed by atoms with Crippen LogP contribution >= 0.6 is 0 Å². The van der Waals surface area contributed by atoms with Gasteiger partial charge in [0.2, 0.25) is 0 Å². The first-order valence-electron chi connectivity index (χ1n) is 6.14. The summed E-state index contributed by atoms with van der Waals surface area (Å²) in [5.41, 5.74) is 2.71. The Morgan fingerprint density at radius 1 is 1.47 bits per heavy atom. The molecule has 19 heavy (non-hydrogen) atoms. The van der Waals surface area contributed by atoms with Gasteiger partial charge in [0.05, 0.1) is 18.2 Å². The van der Waals surface area contributed by atoms with Gasteiger partial charge in [0.1, 0.15) is 5.75 Å². The Kier molecular flexibility index (Phi) is 2.83. The van der Waals surface area contributed by atoms with E-state index in [1.165, 1.54) is 0 Å². The van der Waals surface area contributed by atoms with Crippen LogP contribution in [0.2, 0.25) is 0 Å². The predicted octanol–water partition coefficient (Wildman–Crippen LogP) is 1.59. The number of ether oxygens (including phenoxy) is 1. The van der Waals surface area contributed by atoms with Gasteiger partial charge in [-0.2, -0.15) is 0 Å². The highest BCUT2D eigenvalue weighted by Crippen LogP contribution is 2.28. The molecule has 0 spiro atoms. The van der Waals surface area contributed by atoms with E-state index in [1.54, 1.807) is 25.3 Å². The van der Waals surface area contributed by atoms with Gasteiger partial charge < -0.3 is 15.2 Å². The molecular formula is C14H14N2O3. The Morgan fingerprint density at radius 3 is 3.05 bits per heavy atom. The summed E-state index contributed by atoms with van der Waals surface area (Å²) in [5.74, 6) is -0.220. The van der Waals surface area contributed by atoms with Gasteiger partial charge in [-0.1, -0.05) is 0 Å². The van der Waals surface area contributed by atoms with Crippen molar-refractivity contribution in [3.8, 4) is 5.75 Å². The fraction of sp³-hybridized carbons (Fsp3) is 0.286. The Labute approximate surface area is 110 Å². The molecule has 5 nitrogen and oxygen atoms in total. The lowest BCUT2D eigenvalue weighted by Gasteiger charge is -2.19. The molecule has 1 aromatic heterocycles. The van der Waals surface area contributed by atoms with E-state index in [0.717, 1.165) is 24.2 Å². The third-order valence-electron chi connectivity index (χ3n) is 3.43. The van der Waals surface area contributed by atoms with Crippen molar-refractivity contribution in [3.05, 3.63) is 35.0 Å². The van der Waals surface area contributed by atoms with E-state index >= 15 is 0 Å². The van der Waals surface area contributed by atoms with Crippen LogP contribution in [-0.4, -0.2) is 29.7 Å². The van der Waals surface area contributed by atoms with Crippen LogP contribution in [-0.2, 0) is 13.0 Å². The molecule has 0 atom stereocenters. The monoisotopic (exact) mass is 258 g/mol. The normalized spacial score (nSPS) is 14.2. The molecule has 2 heterocycles. The highest BCUT2D eigenvalue weighted by molar-refractivity contribution is 6.04. The molecule has 0 unspecified atom stereocenters. The second-order valence-electron chi connectivity index (χ2n) is 4.53. The van der Waals surface area contributed by atoms with Crippen LogP contribution < -0.4 is 10.1 Å². The maximum absolute atomic E-state index is 11.6. The number of carboxylic acids is 1. The molecule has 1 aromatic carbocycles. The maximum atomic E-state index is 11.6. The molecule has 0 aliphatic carbocycles. The van der Waals surface area contributed by atoms with Crippen LogP contribution in [0.15, 0.2) is 18.2 Å². The number of carbonyl (C=O) groups is 1. The van der Waals surface area contributed by atoms with Gasteiger partial charge in [-0.25, -0.2) is 4.79 Å². The van der Waals surface area contributed by atoms with Crippen molar-refractivity contribution in [1.82, 2.24) is 10.3 Å². The number of methoxy groups -OCH3 is 1. The van der Waals surface area contributed by atoms with E-state index in [4.69, 9.17) is 4.74 Å². The van der Waals surface area contributed by atoms with Crippen molar-refractivity contribution in [2.24, 2.45) is 0 Å². The van der Waals surface area contributed by atoms with E-state index in [1.807, 2.05) is 0 Å². The van der Waals surface area contributed by atoms with Gasteiger partial charge in [0.25, 0.3) is 0 Å². The van der Waals surface area contributed by atoms with Gasteiger partial charge in [0, 0.05) is 42.2 Å². The summed E-state index contributed by atoms with van der Waals surface area (Å²) in [6, 6.07) is 5.31. The minimum atomic E-state index is -0.905. The molecule has 1 aliphatic heterocycles. The van der Waals surface area contributed by atoms with Crippen LogP contribution in [0, 0.1) is 0 Å². The van der Waals surface area contributed by atoms with Crippen LogP contribution in [0.5, 0.6) is 5.75 Å². The largest absolute Gasteiger partial charge is 0.497 e. The summed E-state index contributed by atoms with van der Waals surface area (Å²) in [6.07, 6.45) is 0.753. The minimum absolute atomic E-state index is 0.356. The number of hydrogen-bond donors (Lipinski definition) is 2. The topological polar surface area (TPSA) is 71.5 Å². The molecule has 5 heteroatoms. The summed E-state index contributed by atoms with van der Waals surface area (Å²) in [7, 11) is 1.58. The predicted molar refractivity (Wildman–Crippen MR) is 70.7 cm³/mol. The van der Waals surface area contributed by atoms with Crippen molar-refractivity contribution >= 4 is 16.9 Å². The van der Waals surface area contributed by atoms with Gasteiger partial charge in [-0.3, -0.25) is 4.98 Å². The fourth-order valence-electron chi connectivity index (χ4n) is 2.52. The average molecular weight is 258 g/mol. The molecule has 2 aromatic rings. The van der Waals surface area contributed by atoms with E-state index in [-0.39, 0.29) is 0 Å². The Balaban J connectivity index is 2.35. The Bertz CT molecular complexity index is 667. The van der Waals surface area contributed by atoms with Crippen molar-refractivity contribution in [1.29, 1.82) is 0 Å². The number of nitrogens with zero attached hydrogens (tertiary/aromatic N) is 1. The number of hydrogen-bond acceptors (Lipinski definition) is 4. The number of rotatable bonds is 2. The lowest BCUT2D eigenvalue weighted by Crippen LogP contribution is -2.27. The zero-order chi connectivity index (χ0) is 13.4. The van der Waals surface area contributed by atoms with E-state index < -0.39 is 5.97 Å². The Morgan fingerprint density at radius 2 is 2.32 bits per heavy atom. The molecule has 0 fully saturated rings. The standard InChI is InChI=1S/C14H14N2O3/c1-19-8-2-3-9-12(6-8)16-11-4-5-15-7-10(11)13(9)14(17)18/h2-3,6,15H,4-5,7H2,1H3,(H,17,18). The first kappa shape index (κ1) is 11.9. The van der Waals surface area contributed by atoms with Gasteiger partial charge >= 0.3 is 5.97 Å². The second kappa shape index (κ2) is 4.51. The highest BCUT2D eigenvalue weighted by Gasteiger charge is 2.22. The number of benzene rings is 1.